The number of nitrogens with one attached hydrogen (secondary N) is 1. The molecule has 6 nitrogen and oxygen atoms in total. The average molecular weight is 397 g/mol. The number of carbonyl (C=O) groups is 1. The molecule has 0 fully saturated rings. The van der Waals surface area contributed by atoms with Crippen LogP contribution in [0.5, 0.6) is 0 Å². The van der Waals surface area contributed by atoms with Gasteiger partial charge >= 0.3 is 0 Å². The number of amides is 1. The SMILES string of the molecule is Cc1cccc(-c2nc(C(C)C)[nH]c2-c2cccc(-c3ccc(C(N)=O)nc3)c2)n1. The maximum atomic E-state index is 11.3. The van der Waals surface area contributed by atoms with Gasteiger partial charge in [-0.05, 0) is 36.8 Å². The summed E-state index contributed by atoms with van der Waals surface area (Å²) in [7, 11) is 0. The van der Waals surface area contributed by atoms with E-state index < -0.39 is 5.91 Å². The number of aromatic nitrogens is 4. The largest absolute Gasteiger partial charge is 0.364 e. The number of nitrogens with two attached hydrogens (primary N) is 1. The fourth-order valence-corrected chi connectivity index (χ4v) is 3.30. The Balaban J connectivity index is 1.81. The monoisotopic (exact) mass is 397 g/mol. The zero-order valence-corrected chi connectivity index (χ0v) is 17.2. The van der Waals surface area contributed by atoms with Gasteiger partial charge < -0.3 is 10.7 Å². The molecule has 1 aromatic carbocycles. The zero-order chi connectivity index (χ0) is 21.3. The van der Waals surface area contributed by atoms with Gasteiger partial charge in [-0.2, -0.15) is 0 Å². The van der Waals surface area contributed by atoms with Crippen molar-refractivity contribution in [3.8, 4) is 33.8 Å². The zero-order valence-electron chi connectivity index (χ0n) is 17.2. The molecule has 0 radical (unpaired) electrons. The molecule has 0 saturated carbocycles. The van der Waals surface area contributed by atoms with Crippen molar-refractivity contribution < 1.29 is 4.79 Å². The van der Waals surface area contributed by atoms with E-state index in [1.165, 1.54) is 0 Å². The minimum atomic E-state index is -0.538. The molecule has 30 heavy (non-hydrogen) atoms. The molecule has 0 aliphatic rings. The van der Waals surface area contributed by atoms with E-state index in [1.807, 2.05) is 49.4 Å². The average Bonchev–Trinajstić information content (AvgIpc) is 3.20. The number of primary amides is 1. The second-order valence-electron chi connectivity index (χ2n) is 7.54. The molecule has 150 valence electrons. The molecular formula is C24H23N5O. The van der Waals surface area contributed by atoms with Crippen LogP contribution in [0.15, 0.2) is 60.8 Å². The first-order valence-electron chi connectivity index (χ1n) is 9.83. The topological polar surface area (TPSA) is 97.6 Å². The van der Waals surface area contributed by atoms with Gasteiger partial charge in [0.05, 0.1) is 11.4 Å². The summed E-state index contributed by atoms with van der Waals surface area (Å²) in [5, 5.41) is 0. The minimum Gasteiger partial charge on any atom is -0.364 e. The van der Waals surface area contributed by atoms with E-state index in [0.29, 0.717) is 0 Å². The molecule has 0 bridgehead atoms. The molecule has 0 unspecified atom stereocenters. The van der Waals surface area contributed by atoms with Gasteiger partial charge in [0.25, 0.3) is 5.91 Å². The molecule has 0 aliphatic heterocycles. The maximum Gasteiger partial charge on any atom is 0.267 e. The Bertz CT molecular complexity index is 1210. The molecular weight excluding hydrogens is 374 g/mol. The lowest BCUT2D eigenvalue weighted by Gasteiger charge is -2.07. The first-order chi connectivity index (χ1) is 14.4. The number of H-pyrrole nitrogens is 1. The normalized spacial score (nSPS) is 11.1. The van der Waals surface area contributed by atoms with Crippen LogP contribution in [0.4, 0.5) is 0 Å². The molecule has 0 saturated heterocycles. The van der Waals surface area contributed by atoms with Crippen LogP contribution in [0.3, 0.4) is 0 Å². The fourth-order valence-electron chi connectivity index (χ4n) is 3.30. The Morgan fingerprint density at radius 1 is 0.967 bits per heavy atom. The Morgan fingerprint density at radius 2 is 1.73 bits per heavy atom. The molecule has 1 amide bonds. The molecule has 6 heteroatoms. The van der Waals surface area contributed by atoms with Crippen LogP contribution in [0.25, 0.3) is 33.8 Å². The van der Waals surface area contributed by atoms with Crippen molar-refractivity contribution in [3.63, 3.8) is 0 Å². The number of nitrogens with zero attached hydrogens (tertiary/aromatic N) is 3. The van der Waals surface area contributed by atoms with Gasteiger partial charge in [0.15, 0.2) is 0 Å². The van der Waals surface area contributed by atoms with E-state index in [-0.39, 0.29) is 11.6 Å². The lowest BCUT2D eigenvalue weighted by atomic mass is 10.0. The van der Waals surface area contributed by atoms with Gasteiger partial charge in [-0.25, -0.2) is 4.98 Å². The lowest BCUT2D eigenvalue weighted by Crippen LogP contribution is -2.12. The van der Waals surface area contributed by atoms with E-state index in [1.54, 1.807) is 12.3 Å². The number of aromatic amines is 1. The fraction of sp³-hybridized carbons (Fsp3) is 0.167. The summed E-state index contributed by atoms with van der Waals surface area (Å²) in [6.07, 6.45) is 1.66. The first-order valence-corrected chi connectivity index (χ1v) is 9.83. The molecule has 4 rings (SSSR count). The van der Waals surface area contributed by atoms with E-state index >= 15 is 0 Å². The first kappa shape index (κ1) is 19.5. The summed E-state index contributed by atoms with van der Waals surface area (Å²) in [5.74, 6) is 0.640. The van der Waals surface area contributed by atoms with E-state index in [4.69, 9.17) is 10.7 Å². The predicted molar refractivity (Wildman–Crippen MR) is 118 cm³/mol. The lowest BCUT2D eigenvalue weighted by molar-refractivity contribution is 0.0995. The van der Waals surface area contributed by atoms with Crippen molar-refractivity contribution in [2.75, 3.05) is 0 Å². The molecule has 0 spiro atoms. The van der Waals surface area contributed by atoms with Crippen molar-refractivity contribution >= 4 is 5.91 Å². The Labute approximate surface area is 175 Å². The second kappa shape index (κ2) is 7.91. The highest BCUT2D eigenvalue weighted by molar-refractivity contribution is 5.91. The van der Waals surface area contributed by atoms with Gasteiger partial charge in [0.2, 0.25) is 0 Å². The van der Waals surface area contributed by atoms with Gasteiger partial charge in [0, 0.05) is 28.9 Å². The van der Waals surface area contributed by atoms with Crippen LogP contribution in [0.1, 0.15) is 41.8 Å². The van der Waals surface area contributed by atoms with E-state index in [0.717, 1.165) is 45.3 Å². The van der Waals surface area contributed by atoms with E-state index in [2.05, 4.69) is 34.9 Å². The predicted octanol–water partition coefficient (Wildman–Crippen LogP) is 4.73. The van der Waals surface area contributed by atoms with Crippen LogP contribution in [0, 0.1) is 6.92 Å². The summed E-state index contributed by atoms with van der Waals surface area (Å²) < 4.78 is 0. The molecule has 0 aliphatic carbocycles. The standard InChI is InChI=1S/C24H23N5O/c1-14(2)24-28-21(22(29-24)19-9-4-6-15(3)27-19)17-8-5-7-16(12-17)18-10-11-20(23(25)30)26-13-18/h4-14H,1-3H3,(H2,25,30)(H,28,29). The van der Waals surface area contributed by atoms with Crippen molar-refractivity contribution in [3.05, 3.63) is 78.0 Å². The van der Waals surface area contributed by atoms with Gasteiger partial charge in [-0.1, -0.05) is 44.2 Å². The third kappa shape index (κ3) is 3.85. The summed E-state index contributed by atoms with van der Waals surface area (Å²) >= 11 is 0. The highest BCUT2D eigenvalue weighted by Gasteiger charge is 2.17. The number of hydrogen-bond donors (Lipinski definition) is 2. The second-order valence-corrected chi connectivity index (χ2v) is 7.54. The summed E-state index contributed by atoms with van der Waals surface area (Å²) in [4.78, 5) is 28.5. The van der Waals surface area contributed by atoms with Crippen LogP contribution in [-0.2, 0) is 0 Å². The quantitative estimate of drug-likeness (QED) is 0.508. The van der Waals surface area contributed by atoms with Crippen molar-refractivity contribution in [1.29, 1.82) is 0 Å². The maximum absolute atomic E-state index is 11.3. The summed E-state index contributed by atoms with van der Waals surface area (Å²) in [6.45, 7) is 6.19. The Hall–Kier alpha value is -3.80. The van der Waals surface area contributed by atoms with Crippen LogP contribution in [0.2, 0.25) is 0 Å². The molecule has 0 atom stereocenters. The highest BCUT2D eigenvalue weighted by atomic mass is 16.1. The van der Waals surface area contributed by atoms with Crippen LogP contribution in [-0.4, -0.2) is 25.8 Å². The van der Waals surface area contributed by atoms with Crippen molar-refractivity contribution in [1.82, 2.24) is 19.9 Å². The number of aryl methyl sites for hydroxylation is 1. The molecule has 3 heterocycles. The molecule has 4 aromatic rings. The van der Waals surface area contributed by atoms with E-state index in [9.17, 15) is 4.79 Å². The smallest absolute Gasteiger partial charge is 0.267 e. The minimum absolute atomic E-state index is 0.248. The third-order valence-electron chi connectivity index (χ3n) is 4.90. The number of rotatable bonds is 5. The van der Waals surface area contributed by atoms with Gasteiger partial charge in [-0.3, -0.25) is 14.8 Å². The number of benzene rings is 1. The van der Waals surface area contributed by atoms with Gasteiger partial charge in [0.1, 0.15) is 17.2 Å². The van der Waals surface area contributed by atoms with Crippen molar-refractivity contribution in [2.45, 2.75) is 26.7 Å². The highest BCUT2D eigenvalue weighted by Crippen LogP contribution is 2.33. The number of imidazole rings is 1. The van der Waals surface area contributed by atoms with Crippen LogP contribution < -0.4 is 5.73 Å². The molecule has 3 aromatic heterocycles. The number of carbonyl (C=O) groups excluding carboxylic acids is 1. The van der Waals surface area contributed by atoms with Crippen molar-refractivity contribution in [2.24, 2.45) is 5.73 Å². The third-order valence-corrected chi connectivity index (χ3v) is 4.90. The van der Waals surface area contributed by atoms with Crippen LogP contribution >= 0.6 is 0 Å². The molecule has 3 N–H and O–H groups in total. The number of pyridine rings is 2. The Kier molecular flexibility index (Phi) is 5.14. The van der Waals surface area contributed by atoms with Gasteiger partial charge in [-0.15, -0.1) is 0 Å². The number of hydrogen-bond acceptors (Lipinski definition) is 4. The Morgan fingerprint density at radius 3 is 2.40 bits per heavy atom. The summed E-state index contributed by atoms with van der Waals surface area (Å²) in [6, 6.07) is 17.6. The summed E-state index contributed by atoms with van der Waals surface area (Å²) in [5.41, 5.74) is 12.0.